The average Bonchev–Trinajstić information content (AvgIpc) is 1.14. The van der Waals surface area contributed by atoms with Gasteiger partial charge >= 0.3 is 67.0 Å². The molecule has 0 aliphatic rings. The van der Waals surface area contributed by atoms with Gasteiger partial charge in [-0.1, -0.05) is 0 Å². The summed E-state index contributed by atoms with van der Waals surface area (Å²) < 4.78 is 22.2. The molecule has 0 aliphatic carbocycles. The third kappa shape index (κ3) is 18.7. The summed E-state index contributed by atoms with van der Waals surface area (Å²) in [4.78, 5) is 31.0. The Morgan fingerprint density at radius 3 is 1.18 bits per heavy atom. The molecule has 0 rings (SSSR count). The summed E-state index contributed by atoms with van der Waals surface area (Å²) in [5, 5.41) is 0. The molecule has 0 aromatic rings. The van der Waals surface area contributed by atoms with E-state index in [9.17, 15) is 9.13 Å². The van der Waals surface area contributed by atoms with Crippen LogP contribution in [0.4, 0.5) is 0 Å². The van der Waals surface area contributed by atoms with Crippen molar-refractivity contribution in [2.75, 3.05) is 0 Å². The molecule has 0 spiro atoms. The molecule has 0 unspecified atom stereocenters. The molecule has 0 saturated heterocycles. The Hall–Kier alpha value is 1.86. The average molecular weight is 236 g/mol. The van der Waals surface area contributed by atoms with Gasteiger partial charge in [0.05, 0.1) is 0 Å². The molecule has 0 heterocycles. The van der Waals surface area contributed by atoms with E-state index < -0.39 is 15.6 Å². The molecule has 0 aliphatic heterocycles. The summed E-state index contributed by atoms with van der Waals surface area (Å²) in [6.45, 7) is 0. The van der Waals surface area contributed by atoms with E-state index in [0.29, 0.717) is 0 Å². The SMILES string of the molecule is O.O=P(O)(O)OP(=O)(O)O.[H-].[K+]. The van der Waals surface area contributed by atoms with Crippen LogP contribution in [-0.4, -0.2) is 25.0 Å². The first-order chi connectivity index (χ1) is 3.71. The van der Waals surface area contributed by atoms with Gasteiger partial charge in [-0.3, -0.25) is 0 Å². The Kier molecular flexibility index (Phi) is 10.7. The largest absolute Gasteiger partial charge is 1.00 e. The van der Waals surface area contributed by atoms with Gasteiger partial charge in [0.2, 0.25) is 0 Å². The van der Waals surface area contributed by atoms with Gasteiger partial charge in [0.15, 0.2) is 0 Å². The predicted octanol–water partition coefficient (Wildman–Crippen LogP) is -4.52. The van der Waals surface area contributed by atoms with E-state index in [-0.39, 0.29) is 58.3 Å². The van der Waals surface area contributed by atoms with Crippen molar-refractivity contribution >= 4 is 15.6 Å². The van der Waals surface area contributed by atoms with Crippen molar-refractivity contribution in [3.8, 4) is 0 Å². The summed E-state index contributed by atoms with van der Waals surface area (Å²) in [7, 11) is -10.1. The molecule has 0 amide bonds. The minimum absolute atomic E-state index is 0. The topological polar surface area (TPSA) is 156 Å². The van der Waals surface area contributed by atoms with E-state index in [4.69, 9.17) is 19.6 Å². The van der Waals surface area contributed by atoms with Crippen LogP contribution in [0.2, 0.25) is 0 Å². The van der Waals surface area contributed by atoms with Crippen LogP contribution >= 0.6 is 15.6 Å². The van der Waals surface area contributed by atoms with Gasteiger partial charge in [-0.15, -0.1) is 0 Å². The molecule has 0 saturated carbocycles. The van der Waals surface area contributed by atoms with Crippen molar-refractivity contribution in [2.45, 2.75) is 0 Å². The van der Waals surface area contributed by atoms with E-state index in [0.717, 1.165) is 0 Å². The number of rotatable bonds is 2. The minimum Gasteiger partial charge on any atom is -1.00 e. The first-order valence-electron chi connectivity index (χ1n) is 1.53. The maximum Gasteiger partial charge on any atom is 1.00 e. The summed E-state index contributed by atoms with van der Waals surface area (Å²) >= 11 is 0. The van der Waals surface area contributed by atoms with Gasteiger partial charge in [0, 0.05) is 0 Å². The molecule has 8 nitrogen and oxygen atoms in total. The predicted molar refractivity (Wildman–Crippen MR) is 29.9 cm³/mol. The van der Waals surface area contributed by atoms with Crippen LogP contribution in [0.5, 0.6) is 0 Å². The fourth-order valence-electron chi connectivity index (χ4n) is 0.139. The van der Waals surface area contributed by atoms with E-state index in [1.807, 2.05) is 0 Å². The fourth-order valence-corrected chi connectivity index (χ4v) is 1.25. The third-order valence-corrected chi connectivity index (χ3v) is 1.91. The van der Waals surface area contributed by atoms with E-state index in [2.05, 4.69) is 4.31 Å². The van der Waals surface area contributed by atoms with Crippen LogP contribution in [0, 0.1) is 0 Å². The Morgan fingerprint density at radius 1 is 1.00 bits per heavy atom. The molecule has 0 aromatic carbocycles. The summed E-state index contributed by atoms with van der Waals surface area (Å²) in [6, 6.07) is 0. The molecule has 0 radical (unpaired) electrons. The summed E-state index contributed by atoms with van der Waals surface area (Å²) in [6.07, 6.45) is 0. The van der Waals surface area contributed by atoms with E-state index in [1.165, 1.54) is 0 Å². The van der Waals surface area contributed by atoms with Crippen molar-refractivity contribution < 1.29 is 91.3 Å². The second kappa shape index (κ2) is 6.33. The molecule has 0 aromatic heterocycles. The van der Waals surface area contributed by atoms with Crippen LogP contribution in [0.15, 0.2) is 0 Å². The molecule has 6 N–H and O–H groups in total. The third-order valence-electron chi connectivity index (χ3n) is 0.213. The van der Waals surface area contributed by atoms with Gasteiger partial charge in [0.1, 0.15) is 0 Å². The smallest absolute Gasteiger partial charge is 1.00 e. The van der Waals surface area contributed by atoms with Crippen LogP contribution in [0.25, 0.3) is 0 Å². The number of hydrogen-bond acceptors (Lipinski definition) is 3. The van der Waals surface area contributed by atoms with E-state index >= 15 is 0 Å². The molecule has 0 fully saturated rings. The quantitative estimate of drug-likeness (QED) is 0.278. The van der Waals surface area contributed by atoms with Crippen molar-refractivity contribution in [1.82, 2.24) is 0 Å². The fraction of sp³-hybridized carbons (Fsp3) is 0. The Labute approximate surface area is 106 Å². The van der Waals surface area contributed by atoms with Gasteiger partial charge < -0.3 is 26.5 Å². The van der Waals surface area contributed by atoms with Gasteiger partial charge in [-0.25, -0.2) is 9.13 Å². The van der Waals surface area contributed by atoms with Crippen molar-refractivity contribution in [2.24, 2.45) is 0 Å². The van der Waals surface area contributed by atoms with Gasteiger partial charge in [-0.05, 0) is 0 Å². The molecule has 0 bridgehead atoms. The molecular formula is H7KO8P2. The monoisotopic (exact) mass is 236 g/mol. The zero-order valence-corrected chi connectivity index (χ0v) is 10.3. The van der Waals surface area contributed by atoms with Crippen LogP contribution < -0.4 is 51.4 Å². The normalized spacial score (nSPS) is 11.3. The zero-order valence-electron chi connectivity index (χ0n) is 6.41. The van der Waals surface area contributed by atoms with Crippen LogP contribution in [0.1, 0.15) is 1.43 Å². The van der Waals surface area contributed by atoms with Crippen molar-refractivity contribution in [3.05, 3.63) is 0 Å². The minimum atomic E-state index is -5.05. The summed E-state index contributed by atoms with van der Waals surface area (Å²) in [5.41, 5.74) is 0. The molecular weight excluding hydrogens is 229 g/mol. The molecule has 0 atom stereocenters. The Balaban J connectivity index is -0.000000107. The molecule has 11 heavy (non-hydrogen) atoms. The Bertz CT molecular complexity index is 157. The second-order valence-corrected chi connectivity index (χ2v) is 3.68. The zero-order chi connectivity index (χ0) is 7.71. The van der Waals surface area contributed by atoms with Crippen molar-refractivity contribution in [1.29, 1.82) is 0 Å². The number of phosphoric acid groups is 2. The first-order valence-corrected chi connectivity index (χ1v) is 4.59. The van der Waals surface area contributed by atoms with Crippen LogP contribution in [0.3, 0.4) is 0 Å². The molecule has 11 heteroatoms. The first kappa shape index (κ1) is 18.6. The van der Waals surface area contributed by atoms with Gasteiger partial charge in [-0.2, -0.15) is 4.31 Å². The van der Waals surface area contributed by atoms with Crippen molar-refractivity contribution in [3.63, 3.8) is 0 Å². The number of hydrogen-bond donors (Lipinski definition) is 4. The van der Waals surface area contributed by atoms with Crippen LogP contribution in [-0.2, 0) is 13.4 Å². The van der Waals surface area contributed by atoms with Gasteiger partial charge in [0.25, 0.3) is 0 Å². The van der Waals surface area contributed by atoms with E-state index in [1.54, 1.807) is 0 Å². The Morgan fingerprint density at radius 2 is 1.18 bits per heavy atom. The maximum atomic E-state index is 9.63. The maximum absolute atomic E-state index is 9.63. The summed E-state index contributed by atoms with van der Waals surface area (Å²) in [5.74, 6) is 0. The second-order valence-electron chi connectivity index (χ2n) is 1.06. The molecule has 66 valence electrons. The standard InChI is InChI=1S/K.H4O7P2.H2O.H/c;1-8(2,3)7-9(4,5)6;;/h;(H2,1,2,3)(H2,4,5,6);1H2;/q+1;;;-1.